The van der Waals surface area contributed by atoms with Gasteiger partial charge in [0, 0.05) is 36.1 Å². The van der Waals surface area contributed by atoms with Gasteiger partial charge in [-0.15, -0.1) is 0 Å². The maximum absolute atomic E-state index is 12.4. The topological polar surface area (TPSA) is 64.8 Å². The molecule has 4 rings (SSSR count). The number of nitrogens with zero attached hydrogens (tertiary/aromatic N) is 2. The van der Waals surface area contributed by atoms with Gasteiger partial charge in [-0.1, -0.05) is 41.3 Å². The van der Waals surface area contributed by atoms with Crippen molar-refractivity contribution in [3.63, 3.8) is 0 Å². The van der Waals surface area contributed by atoms with E-state index in [1.165, 1.54) is 0 Å². The van der Waals surface area contributed by atoms with Crippen LogP contribution in [0.4, 0.5) is 4.79 Å². The van der Waals surface area contributed by atoms with Crippen molar-refractivity contribution in [1.82, 2.24) is 10.1 Å². The number of ether oxygens (including phenoxy) is 2. The van der Waals surface area contributed by atoms with E-state index in [1.807, 2.05) is 26.8 Å². The molecule has 1 aromatic carbocycles. The minimum Gasteiger partial charge on any atom is -0.444 e. The third-order valence-corrected chi connectivity index (χ3v) is 6.52. The van der Waals surface area contributed by atoms with Crippen LogP contribution in [-0.2, 0) is 16.1 Å². The first kappa shape index (κ1) is 23.4. The molecule has 2 atom stereocenters. The molecule has 2 heterocycles. The van der Waals surface area contributed by atoms with Crippen molar-refractivity contribution < 1.29 is 18.8 Å². The predicted molar refractivity (Wildman–Crippen MR) is 124 cm³/mol. The van der Waals surface area contributed by atoms with Crippen LogP contribution in [0.25, 0.3) is 11.3 Å². The first-order chi connectivity index (χ1) is 15.1. The average molecular weight is 481 g/mol. The van der Waals surface area contributed by atoms with E-state index >= 15 is 0 Å². The summed E-state index contributed by atoms with van der Waals surface area (Å²) in [6.07, 6.45) is 2.66. The van der Waals surface area contributed by atoms with Crippen molar-refractivity contribution in [3.8, 4) is 11.3 Å². The average Bonchev–Trinajstić information content (AvgIpc) is 3.46. The maximum Gasteiger partial charge on any atom is 0.410 e. The lowest BCUT2D eigenvalue weighted by Crippen LogP contribution is -2.47. The van der Waals surface area contributed by atoms with Crippen LogP contribution < -0.4 is 0 Å². The number of carbonyl (C=O) groups is 1. The number of hydrogen-bond donors (Lipinski definition) is 0. The van der Waals surface area contributed by atoms with Crippen molar-refractivity contribution in [2.75, 3.05) is 13.1 Å². The number of halogens is 2. The van der Waals surface area contributed by atoms with Crippen molar-refractivity contribution in [3.05, 3.63) is 39.6 Å². The Morgan fingerprint density at radius 2 is 1.91 bits per heavy atom. The Morgan fingerprint density at radius 3 is 2.50 bits per heavy atom. The zero-order chi connectivity index (χ0) is 23.0. The number of benzene rings is 1. The molecule has 0 N–H and O–H groups in total. The monoisotopic (exact) mass is 480 g/mol. The molecule has 1 saturated carbocycles. The Hall–Kier alpha value is -1.76. The highest BCUT2D eigenvalue weighted by molar-refractivity contribution is 6.39. The number of rotatable bonds is 5. The van der Waals surface area contributed by atoms with Gasteiger partial charge in [-0.25, -0.2) is 4.79 Å². The largest absolute Gasteiger partial charge is 0.444 e. The van der Waals surface area contributed by atoms with Crippen molar-refractivity contribution in [2.24, 2.45) is 5.92 Å². The lowest BCUT2D eigenvalue weighted by molar-refractivity contribution is -0.0436. The van der Waals surface area contributed by atoms with E-state index in [-0.39, 0.29) is 18.1 Å². The highest BCUT2D eigenvalue weighted by Crippen LogP contribution is 2.46. The second-order valence-corrected chi connectivity index (χ2v) is 10.6. The number of amides is 1. The predicted octanol–water partition coefficient (Wildman–Crippen LogP) is 6.69. The van der Waals surface area contributed by atoms with Crippen molar-refractivity contribution >= 4 is 29.3 Å². The summed E-state index contributed by atoms with van der Waals surface area (Å²) in [5.74, 6) is 1.42. The van der Waals surface area contributed by atoms with Crippen LogP contribution >= 0.6 is 23.2 Å². The quantitative estimate of drug-likeness (QED) is 0.476. The Morgan fingerprint density at radius 1 is 1.22 bits per heavy atom. The van der Waals surface area contributed by atoms with Crippen LogP contribution in [0.15, 0.2) is 22.7 Å². The lowest BCUT2D eigenvalue weighted by Gasteiger charge is -2.37. The van der Waals surface area contributed by atoms with Gasteiger partial charge in [0.2, 0.25) is 0 Å². The molecule has 32 heavy (non-hydrogen) atoms. The summed E-state index contributed by atoms with van der Waals surface area (Å²) in [4.78, 5) is 14.2. The molecule has 8 heteroatoms. The Labute approximate surface area is 199 Å². The van der Waals surface area contributed by atoms with E-state index in [0.717, 1.165) is 30.6 Å². The molecule has 1 aromatic heterocycles. The second-order valence-electron chi connectivity index (χ2n) is 9.79. The van der Waals surface area contributed by atoms with E-state index in [4.69, 9.17) is 37.2 Å². The molecule has 6 nitrogen and oxygen atoms in total. The van der Waals surface area contributed by atoms with E-state index in [2.05, 4.69) is 12.1 Å². The van der Waals surface area contributed by atoms with E-state index in [1.54, 1.807) is 17.0 Å². The molecule has 2 fully saturated rings. The fourth-order valence-electron chi connectivity index (χ4n) is 4.10. The van der Waals surface area contributed by atoms with Gasteiger partial charge in [0.1, 0.15) is 17.1 Å². The molecule has 1 aliphatic carbocycles. The number of aromatic nitrogens is 1. The molecule has 1 amide bonds. The standard InChI is InChI=1S/C24H30Cl2N2O4/c1-14-12-28(23(29)31-24(2,3)4)11-10-19(14)30-13-16-21(27-32-22(16)15-8-9-15)20-17(25)6-5-7-18(20)26/h5-7,14-15,19H,8-13H2,1-4H3. The molecule has 0 spiro atoms. The Kier molecular flexibility index (Phi) is 6.76. The lowest BCUT2D eigenvalue weighted by atomic mass is 9.96. The maximum atomic E-state index is 12.4. The second kappa shape index (κ2) is 9.24. The van der Waals surface area contributed by atoms with E-state index < -0.39 is 5.60 Å². The zero-order valence-corrected chi connectivity index (χ0v) is 20.5. The Balaban J connectivity index is 1.47. The van der Waals surface area contributed by atoms with Gasteiger partial charge in [0.05, 0.1) is 22.8 Å². The number of likely N-dealkylation sites (tertiary alicyclic amines) is 1. The normalized spacial score (nSPS) is 21.6. The van der Waals surface area contributed by atoms with Crippen LogP contribution in [0, 0.1) is 5.92 Å². The van der Waals surface area contributed by atoms with Gasteiger partial charge in [0.25, 0.3) is 0 Å². The minimum atomic E-state index is -0.502. The summed E-state index contributed by atoms with van der Waals surface area (Å²) in [6, 6.07) is 5.41. The molecule has 2 unspecified atom stereocenters. The molecule has 2 aliphatic rings. The van der Waals surface area contributed by atoms with Gasteiger partial charge in [-0.3, -0.25) is 0 Å². The molecule has 1 aliphatic heterocycles. The first-order valence-electron chi connectivity index (χ1n) is 11.2. The van der Waals surface area contributed by atoms with Crippen LogP contribution in [0.1, 0.15) is 64.2 Å². The zero-order valence-electron chi connectivity index (χ0n) is 19.0. The number of carbonyl (C=O) groups excluding carboxylic acids is 1. The highest BCUT2D eigenvalue weighted by atomic mass is 35.5. The summed E-state index contributed by atoms with van der Waals surface area (Å²) >= 11 is 12.9. The van der Waals surface area contributed by atoms with Crippen molar-refractivity contribution in [2.45, 2.75) is 71.2 Å². The highest BCUT2D eigenvalue weighted by Gasteiger charge is 2.35. The molecular formula is C24H30Cl2N2O4. The van der Waals surface area contributed by atoms with Gasteiger partial charge in [0.15, 0.2) is 0 Å². The summed E-state index contributed by atoms with van der Waals surface area (Å²) in [7, 11) is 0. The summed E-state index contributed by atoms with van der Waals surface area (Å²) in [5.41, 5.74) is 1.75. The molecule has 0 bridgehead atoms. The van der Waals surface area contributed by atoms with Crippen LogP contribution in [0.5, 0.6) is 0 Å². The summed E-state index contributed by atoms with van der Waals surface area (Å²) in [6.45, 7) is 9.31. The van der Waals surface area contributed by atoms with Gasteiger partial charge in [-0.2, -0.15) is 0 Å². The fourth-order valence-corrected chi connectivity index (χ4v) is 4.68. The number of piperidine rings is 1. The number of hydrogen-bond acceptors (Lipinski definition) is 5. The van der Waals surface area contributed by atoms with Gasteiger partial charge >= 0.3 is 6.09 Å². The van der Waals surface area contributed by atoms with Crippen LogP contribution in [0.2, 0.25) is 10.0 Å². The summed E-state index contributed by atoms with van der Waals surface area (Å²) in [5, 5.41) is 5.40. The first-order valence-corrected chi connectivity index (χ1v) is 11.9. The molecule has 1 saturated heterocycles. The van der Waals surface area contributed by atoms with E-state index in [0.29, 0.717) is 46.9 Å². The summed E-state index contributed by atoms with van der Waals surface area (Å²) < 4.78 is 17.6. The molecule has 0 radical (unpaired) electrons. The third-order valence-electron chi connectivity index (χ3n) is 5.89. The van der Waals surface area contributed by atoms with Gasteiger partial charge < -0.3 is 18.9 Å². The third kappa shape index (κ3) is 5.24. The SMILES string of the molecule is CC1CN(C(=O)OC(C)(C)C)CCC1OCc1c(-c2c(Cl)cccc2Cl)noc1C1CC1. The van der Waals surface area contributed by atoms with Gasteiger partial charge in [-0.05, 0) is 52.2 Å². The van der Waals surface area contributed by atoms with E-state index in [9.17, 15) is 4.79 Å². The smallest absolute Gasteiger partial charge is 0.410 e. The molecule has 2 aromatic rings. The molecule has 174 valence electrons. The molecular weight excluding hydrogens is 451 g/mol. The van der Waals surface area contributed by atoms with Crippen LogP contribution in [0.3, 0.4) is 0 Å². The van der Waals surface area contributed by atoms with Crippen LogP contribution in [-0.4, -0.2) is 40.9 Å². The Bertz CT molecular complexity index is 961. The van der Waals surface area contributed by atoms with Crippen molar-refractivity contribution in [1.29, 1.82) is 0 Å². The fraction of sp³-hybridized carbons (Fsp3) is 0.583. The minimum absolute atomic E-state index is 0.0187.